The van der Waals surface area contributed by atoms with Gasteiger partial charge in [-0.15, -0.1) is 0 Å². The van der Waals surface area contributed by atoms with Gasteiger partial charge >= 0.3 is 0 Å². The number of benzene rings is 1. The van der Waals surface area contributed by atoms with Gasteiger partial charge in [0.2, 0.25) is 5.91 Å². The molecule has 0 atom stereocenters. The van der Waals surface area contributed by atoms with Crippen LogP contribution in [0.4, 0.5) is 5.69 Å². The molecule has 0 heterocycles. The third kappa shape index (κ3) is 4.51. The standard InChI is InChI=1S/C16H24N2O/c1-6-8-15(19)17-14(7-2)18-16-12(4)9-11(3)10-13(16)5/h9-10H,6-8H2,1-5H3,(H,17,18,19). The third-order valence-electron chi connectivity index (χ3n) is 2.98. The van der Waals surface area contributed by atoms with E-state index in [2.05, 4.69) is 43.2 Å². The van der Waals surface area contributed by atoms with Crippen molar-refractivity contribution in [2.75, 3.05) is 0 Å². The van der Waals surface area contributed by atoms with Crippen molar-refractivity contribution in [3.8, 4) is 0 Å². The van der Waals surface area contributed by atoms with E-state index >= 15 is 0 Å². The molecule has 0 aliphatic rings. The number of carbonyl (C=O) groups is 1. The molecule has 0 radical (unpaired) electrons. The smallest absolute Gasteiger partial charge is 0.225 e. The van der Waals surface area contributed by atoms with Crippen LogP contribution in [-0.2, 0) is 4.79 Å². The summed E-state index contributed by atoms with van der Waals surface area (Å²) in [5.41, 5.74) is 4.50. The zero-order valence-electron chi connectivity index (χ0n) is 12.6. The number of aliphatic imine (C=N–C) groups is 1. The Balaban J connectivity index is 3.01. The molecule has 0 bridgehead atoms. The predicted octanol–water partition coefficient (Wildman–Crippen LogP) is 3.97. The summed E-state index contributed by atoms with van der Waals surface area (Å²) in [6, 6.07) is 4.24. The van der Waals surface area contributed by atoms with Crippen molar-refractivity contribution in [2.45, 2.75) is 53.9 Å². The van der Waals surface area contributed by atoms with E-state index < -0.39 is 0 Å². The minimum atomic E-state index is 0.0468. The van der Waals surface area contributed by atoms with Gasteiger partial charge in [0, 0.05) is 12.8 Å². The van der Waals surface area contributed by atoms with Gasteiger partial charge in [-0.2, -0.15) is 0 Å². The minimum absolute atomic E-state index is 0.0468. The lowest BCUT2D eigenvalue weighted by atomic mass is 10.1. The zero-order valence-corrected chi connectivity index (χ0v) is 12.6. The average molecular weight is 260 g/mol. The van der Waals surface area contributed by atoms with E-state index in [0.29, 0.717) is 6.42 Å². The molecule has 0 unspecified atom stereocenters. The summed E-state index contributed by atoms with van der Waals surface area (Å²) in [6.45, 7) is 10.2. The van der Waals surface area contributed by atoms with Crippen LogP contribution in [0.3, 0.4) is 0 Å². The zero-order chi connectivity index (χ0) is 14.4. The Morgan fingerprint density at radius 2 is 1.74 bits per heavy atom. The van der Waals surface area contributed by atoms with E-state index in [-0.39, 0.29) is 5.91 Å². The van der Waals surface area contributed by atoms with Crippen molar-refractivity contribution in [3.63, 3.8) is 0 Å². The molecule has 0 saturated heterocycles. The van der Waals surface area contributed by atoms with Crippen LogP contribution in [0.1, 0.15) is 49.8 Å². The molecular weight excluding hydrogens is 236 g/mol. The van der Waals surface area contributed by atoms with Gasteiger partial charge in [-0.05, 0) is 38.3 Å². The first-order valence-corrected chi connectivity index (χ1v) is 6.93. The maximum Gasteiger partial charge on any atom is 0.225 e. The van der Waals surface area contributed by atoms with Crippen LogP contribution in [0.15, 0.2) is 17.1 Å². The average Bonchev–Trinajstić information content (AvgIpc) is 2.32. The van der Waals surface area contributed by atoms with Crippen molar-refractivity contribution in [2.24, 2.45) is 4.99 Å². The number of aryl methyl sites for hydroxylation is 3. The highest BCUT2D eigenvalue weighted by Gasteiger charge is 2.07. The van der Waals surface area contributed by atoms with Crippen molar-refractivity contribution >= 4 is 17.4 Å². The molecule has 3 heteroatoms. The Bertz CT molecular complexity index is 467. The van der Waals surface area contributed by atoms with Crippen LogP contribution in [0.25, 0.3) is 0 Å². The quantitative estimate of drug-likeness (QED) is 0.646. The molecule has 1 aromatic carbocycles. The van der Waals surface area contributed by atoms with Crippen molar-refractivity contribution in [1.82, 2.24) is 5.32 Å². The first kappa shape index (κ1) is 15.4. The van der Waals surface area contributed by atoms with E-state index in [0.717, 1.165) is 35.5 Å². The second-order valence-corrected chi connectivity index (χ2v) is 4.96. The third-order valence-corrected chi connectivity index (χ3v) is 2.98. The first-order valence-electron chi connectivity index (χ1n) is 6.93. The van der Waals surface area contributed by atoms with Crippen LogP contribution in [0.5, 0.6) is 0 Å². The number of hydrogen-bond donors (Lipinski definition) is 1. The van der Waals surface area contributed by atoms with E-state index in [9.17, 15) is 4.79 Å². The summed E-state index contributed by atoms with van der Waals surface area (Å²) in [5.74, 6) is 0.791. The summed E-state index contributed by atoms with van der Waals surface area (Å²) in [6.07, 6.45) is 2.12. The summed E-state index contributed by atoms with van der Waals surface area (Å²) < 4.78 is 0. The number of nitrogens with zero attached hydrogens (tertiary/aromatic N) is 1. The molecule has 0 spiro atoms. The topological polar surface area (TPSA) is 41.5 Å². The van der Waals surface area contributed by atoms with Gasteiger partial charge in [0.25, 0.3) is 0 Å². The van der Waals surface area contributed by atoms with Crippen LogP contribution >= 0.6 is 0 Å². The highest BCUT2D eigenvalue weighted by atomic mass is 16.1. The van der Waals surface area contributed by atoms with E-state index in [4.69, 9.17) is 0 Å². The number of hydrogen-bond acceptors (Lipinski definition) is 2. The van der Waals surface area contributed by atoms with Gasteiger partial charge in [-0.1, -0.05) is 31.5 Å². The molecule has 0 aliphatic heterocycles. The molecule has 1 amide bonds. The van der Waals surface area contributed by atoms with Gasteiger partial charge in [0.15, 0.2) is 0 Å². The summed E-state index contributed by atoms with van der Waals surface area (Å²) in [5, 5.41) is 2.90. The van der Waals surface area contributed by atoms with Gasteiger partial charge in [0.05, 0.1) is 5.69 Å². The Morgan fingerprint density at radius 3 is 2.21 bits per heavy atom. The molecule has 19 heavy (non-hydrogen) atoms. The second-order valence-electron chi connectivity index (χ2n) is 4.96. The summed E-state index contributed by atoms with van der Waals surface area (Å²) in [7, 11) is 0. The number of carbonyl (C=O) groups excluding carboxylic acids is 1. The largest absolute Gasteiger partial charge is 0.314 e. The summed E-state index contributed by atoms with van der Waals surface area (Å²) in [4.78, 5) is 16.3. The van der Waals surface area contributed by atoms with Gasteiger partial charge in [-0.25, -0.2) is 4.99 Å². The summed E-state index contributed by atoms with van der Waals surface area (Å²) >= 11 is 0. The fourth-order valence-corrected chi connectivity index (χ4v) is 2.13. The number of nitrogens with one attached hydrogen (secondary N) is 1. The number of amides is 1. The highest BCUT2D eigenvalue weighted by Crippen LogP contribution is 2.25. The van der Waals surface area contributed by atoms with Crippen LogP contribution < -0.4 is 5.32 Å². The van der Waals surface area contributed by atoms with Crippen molar-refractivity contribution in [1.29, 1.82) is 0 Å². The normalized spacial score (nSPS) is 11.5. The van der Waals surface area contributed by atoms with Gasteiger partial charge in [0.1, 0.15) is 5.84 Å². The second kappa shape index (κ2) is 7.07. The molecule has 3 nitrogen and oxygen atoms in total. The maximum atomic E-state index is 11.6. The molecule has 0 fully saturated rings. The fraction of sp³-hybridized carbons (Fsp3) is 0.500. The monoisotopic (exact) mass is 260 g/mol. The van der Waals surface area contributed by atoms with Crippen molar-refractivity contribution in [3.05, 3.63) is 28.8 Å². The molecule has 104 valence electrons. The lowest BCUT2D eigenvalue weighted by Crippen LogP contribution is -2.29. The van der Waals surface area contributed by atoms with Gasteiger partial charge < -0.3 is 5.32 Å². The van der Waals surface area contributed by atoms with Gasteiger partial charge in [-0.3, -0.25) is 4.79 Å². The Hall–Kier alpha value is -1.64. The Kier molecular flexibility index (Phi) is 5.74. The van der Waals surface area contributed by atoms with Crippen LogP contribution in [-0.4, -0.2) is 11.7 Å². The molecule has 0 aliphatic carbocycles. The van der Waals surface area contributed by atoms with E-state index in [1.807, 2.05) is 13.8 Å². The molecule has 1 aromatic rings. The lowest BCUT2D eigenvalue weighted by Gasteiger charge is -2.10. The van der Waals surface area contributed by atoms with E-state index in [1.165, 1.54) is 5.56 Å². The highest BCUT2D eigenvalue weighted by molar-refractivity contribution is 5.99. The Labute approximate surface area is 116 Å². The molecule has 0 aromatic heterocycles. The van der Waals surface area contributed by atoms with E-state index in [1.54, 1.807) is 0 Å². The fourth-order valence-electron chi connectivity index (χ4n) is 2.13. The predicted molar refractivity (Wildman–Crippen MR) is 81.1 cm³/mol. The molecule has 1 rings (SSSR count). The maximum absolute atomic E-state index is 11.6. The molecular formula is C16H24N2O. The van der Waals surface area contributed by atoms with Crippen LogP contribution in [0.2, 0.25) is 0 Å². The molecule has 1 N–H and O–H groups in total. The molecule has 0 saturated carbocycles. The minimum Gasteiger partial charge on any atom is -0.314 e. The Morgan fingerprint density at radius 1 is 1.16 bits per heavy atom. The van der Waals surface area contributed by atoms with Crippen molar-refractivity contribution < 1.29 is 4.79 Å². The number of amidine groups is 1. The lowest BCUT2D eigenvalue weighted by molar-refractivity contribution is -0.119. The SMILES string of the molecule is CCCC(=O)NC(CC)=Nc1c(C)cc(C)cc1C. The first-order chi connectivity index (χ1) is 8.97. The number of rotatable bonds is 4. The van der Waals surface area contributed by atoms with Crippen LogP contribution in [0, 0.1) is 20.8 Å².